The van der Waals surface area contributed by atoms with E-state index in [1.165, 1.54) is 5.57 Å². The van der Waals surface area contributed by atoms with E-state index in [1.54, 1.807) is 0 Å². The topological polar surface area (TPSA) is 12.4 Å². The third kappa shape index (κ3) is 6.19. The van der Waals surface area contributed by atoms with E-state index in [2.05, 4.69) is 44.5 Å². The highest BCUT2D eigenvalue weighted by molar-refractivity contribution is 5.98. The van der Waals surface area contributed by atoms with Crippen LogP contribution in [0.5, 0.6) is 0 Å². The van der Waals surface area contributed by atoms with Gasteiger partial charge in [-0.25, -0.2) is 0 Å². The van der Waals surface area contributed by atoms with Crippen LogP contribution in [0.3, 0.4) is 0 Å². The Kier molecular flexibility index (Phi) is 8.55. The molecule has 0 spiro atoms. The van der Waals surface area contributed by atoms with Gasteiger partial charge in [0.15, 0.2) is 0 Å². The van der Waals surface area contributed by atoms with Gasteiger partial charge in [0.2, 0.25) is 0 Å². The van der Waals surface area contributed by atoms with Gasteiger partial charge in [-0.3, -0.25) is 4.99 Å². The number of allylic oxidation sites excluding steroid dienone is 8. The number of aliphatic imine (C=N–C) groups is 1. The lowest BCUT2D eigenvalue weighted by molar-refractivity contribution is 1.19. The summed E-state index contributed by atoms with van der Waals surface area (Å²) in [6, 6.07) is 0. The van der Waals surface area contributed by atoms with Crippen LogP contribution in [0.1, 0.15) is 41.0 Å². The summed E-state index contributed by atoms with van der Waals surface area (Å²) in [4.78, 5) is 4.49. The first kappa shape index (κ1) is 16.4. The highest BCUT2D eigenvalue weighted by atomic mass is 14.7. The van der Waals surface area contributed by atoms with Gasteiger partial charge in [0.05, 0.1) is 0 Å². The average molecular weight is 243 g/mol. The van der Waals surface area contributed by atoms with Crippen molar-refractivity contribution in [1.82, 2.24) is 0 Å². The second kappa shape index (κ2) is 9.41. The molecule has 98 valence electrons. The van der Waals surface area contributed by atoms with Gasteiger partial charge in [-0.2, -0.15) is 0 Å². The van der Waals surface area contributed by atoms with Crippen LogP contribution in [0.25, 0.3) is 0 Å². The molecule has 0 aromatic rings. The van der Waals surface area contributed by atoms with Crippen LogP contribution in [-0.4, -0.2) is 5.71 Å². The molecular formula is C17H25N. The predicted molar refractivity (Wildman–Crippen MR) is 84.0 cm³/mol. The van der Waals surface area contributed by atoms with E-state index < -0.39 is 0 Å². The molecule has 0 aliphatic heterocycles. The number of rotatable bonds is 6. The molecule has 0 aliphatic rings. The predicted octanol–water partition coefficient (Wildman–Crippen LogP) is 5.40. The van der Waals surface area contributed by atoms with Crippen LogP contribution in [0, 0.1) is 0 Å². The molecule has 0 saturated carbocycles. The van der Waals surface area contributed by atoms with Crippen LogP contribution in [0.4, 0.5) is 0 Å². The van der Waals surface area contributed by atoms with Crippen molar-refractivity contribution >= 4 is 5.71 Å². The first-order chi connectivity index (χ1) is 8.56. The van der Waals surface area contributed by atoms with Crippen LogP contribution >= 0.6 is 0 Å². The minimum atomic E-state index is 1.01. The molecular weight excluding hydrogens is 218 g/mol. The lowest BCUT2D eigenvalue weighted by Gasteiger charge is -2.01. The Balaban J connectivity index is 4.99. The second-order valence-corrected chi connectivity index (χ2v) is 4.17. The molecule has 0 aliphatic carbocycles. The Hall–Kier alpha value is -1.63. The normalized spacial score (nSPS) is 15.4. The van der Waals surface area contributed by atoms with Crippen molar-refractivity contribution in [3.05, 3.63) is 59.9 Å². The summed E-state index contributed by atoms with van der Waals surface area (Å²) in [5.41, 5.74) is 4.51. The van der Waals surface area contributed by atoms with Gasteiger partial charge in [-0.15, -0.1) is 0 Å². The average Bonchev–Trinajstić information content (AvgIpc) is 2.38. The highest BCUT2D eigenvalue weighted by Crippen LogP contribution is 2.11. The van der Waals surface area contributed by atoms with Crippen molar-refractivity contribution < 1.29 is 0 Å². The first-order valence-electron chi connectivity index (χ1n) is 6.40. The molecule has 1 heteroatoms. The van der Waals surface area contributed by atoms with Gasteiger partial charge in [0, 0.05) is 11.9 Å². The largest absolute Gasteiger partial charge is 0.261 e. The van der Waals surface area contributed by atoms with Crippen LogP contribution < -0.4 is 0 Å². The number of nitrogens with zero attached hydrogens (tertiary/aromatic N) is 1. The molecule has 1 nitrogen and oxygen atoms in total. The van der Waals surface area contributed by atoms with E-state index in [4.69, 9.17) is 0 Å². The lowest BCUT2D eigenvalue weighted by atomic mass is 10.1. The quantitative estimate of drug-likeness (QED) is 0.438. The van der Waals surface area contributed by atoms with Gasteiger partial charge < -0.3 is 0 Å². The Morgan fingerprint density at radius 1 is 1.17 bits per heavy atom. The SMILES string of the molecule is C=CC(=C\CC)/C(C)=C/N=C(C)/C(C)=C\C=C/C. The van der Waals surface area contributed by atoms with E-state index >= 15 is 0 Å². The van der Waals surface area contributed by atoms with Crippen molar-refractivity contribution in [2.75, 3.05) is 0 Å². The highest BCUT2D eigenvalue weighted by Gasteiger charge is 1.95. The zero-order valence-corrected chi connectivity index (χ0v) is 12.3. The summed E-state index contributed by atoms with van der Waals surface area (Å²) in [5.74, 6) is 0. The summed E-state index contributed by atoms with van der Waals surface area (Å²) in [7, 11) is 0. The van der Waals surface area contributed by atoms with Gasteiger partial charge in [0.1, 0.15) is 0 Å². The maximum atomic E-state index is 4.49. The molecule has 0 unspecified atom stereocenters. The van der Waals surface area contributed by atoms with Crippen molar-refractivity contribution in [2.24, 2.45) is 4.99 Å². The zero-order valence-electron chi connectivity index (χ0n) is 12.3. The van der Waals surface area contributed by atoms with Gasteiger partial charge in [-0.05, 0) is 50.8 Å². The summed E-state index contributed by atoms with van der Waals surface area (Å²) < 4.78 is 0. The molecule has 0 aromatic carbocycles. The minimum absolute atomic E-state index is 1.01. The summed E-state index contributed by atoms with van der Waals surface area (Å²) in [6.07, 6.45) is 13.1. The summed E-state index contributed by atoms with van der Waals surface area (Å²) in [6.45, 7) is 14.1. The smallest absolute Gasteiger partial charge is 0.0401 e. The van der Waals surface area contributed by atoms with E-state index in [9.17, 15) is 0 Å². The monoisotopic (exact) mass is 243 g/mol. The third-order valence-corrected chi connectivity index (χ3v) is 2.66. The van der Waals surface area contributed by atoms with E-state index in [0.717, 1.165) is 23.3 Å². The van der Waals surface area contributed by atoms with Crippen LogP contribution in [-0.2, 0) is 0 Å². The molecule has 0 radical (unpaired) electrons. The fraction of sp³-hybridized carbons (Fsp3) is 0.353. The molecule has 0 bridgehead atoms. The van der Waals surface area contributed by atoms with E-state index in [-0.39, 0.29) is 0 Å². The summed E-state index contributed by atoms with van der Waals surface area (Å²) in [5, 5.41) is 0. The molecule has 0 saturated heterocycles. The van der Waals surface area contributed by atoms with Gasteiger partial charge in [0.25, 0.3) is 0 Å². The Morgan fingerprint density at radius 3 is 2.33 bits per heavy atom. The molecule has 18 heavy (non-hydrogen) atoms. The molecule has 0 heterocycles. The van der Waals surface area contributed by atoms with Crippen LogP contribution in [0.2, 0.25) is 0 Å². The lowest BCUT2D eigenvalue weighted by Crippen LogP contribution is -1.92. The van der Waals surface area contributed by atoms with Crippen molar-refractivity contribution in [3.8, 4) is 0 Å². The molecule has 0 amide bonds. The Bertz CT molecular complexity index is 415. The van der Waals surface area contributed by atoms with E-state index in [0.29, 0.717) is 0 Å². The van der Waals surface area contributed by atoms with Crippen LogP contribution in [0.15, 0.2) is 64.9 Å². The molecule has 0 fully saturated rings. The standard InChI is InChI=1S/C17H25N/c1-7-10-12-14(4)16(6)18-13-15(5)17(9-3)11-8-2/h7,9-13H,3,8H2,1-2,4-6H3/b10-7-,14-12-,15-13+,17-11+,18-16+. The minimum Gasteiger partial charge on any atom is -0.261 e. The van der Waals surface area contributed by atoms with Crippen molar-refractivity contribution in [2.45, 2.75) is 41.0 Å². The molecule has 0 rings (SSSR count). The second-order valence-electron chi connectivity index (χ2n) is 4.17. The zero-order chi connectivity index (χ0) is 14.0. The maximum Gasteiger partial charge on any atom is 0.0401 e. The number of hydrogen-bond acceptors (Lipinski definition) is 1. The first-order valence-corrected chi connectivity index (χ1v) is 6.40. The fourth-order valence-electron chi connectivity index (χ4n) is 1.36. The summed E-state index contributed by atoms with van der Waals surface area (Å²) >= 11 is 0. The third-order valence-electron chi connectivity index (χ3n) is 2.66. The maximum absolute atomic E-state index is 4.49. The fourth-order valence-corrected chi connectivity index (χ4v) is 1.36. The molecule has 0 aromatic heterocycles. The van der Waals surface area contributed by atoms with E-state index in [1.807, 2.05) is 38.3 Å². The van der Waals surface area contributed by atoms with Gasteiger partial charge >= 0.3 is 0 Å². The van der Waals surface area contributed by atoms with Gasteiger partial charge in [-0.1, -0.05) is 43.9 Å². The van der Waals surface area contributed by atoms with Crippen molar-refractivity contribution in [3.63, 3.8) is 0 Å². The molecule has 0 N–H and O–H groups in total. The molecule has 0 atom stereocenters. The number of hydrogen-bond donors (Lipinski definition) is 0. The Morgan fingerprint density at radius 2 is 1.83 bits per heavy atom. The van der Waals surface area contributed by atoms with Crippen molar-refractivity contribution in [1.29, 1.82) is 0 Å². The Labute approximate surface area is 112 Å².